The van der Waals surface area contributed by atoms with Crippen molar-refractivity contribution < 1.29 is 41.8 Å². The highest BCUT2D eigenvalue weighted by atomic mass is 19.4. The van der Waals surface area contributed by atoms with E-state index in [0.29, 0.717) is 24.8 Å². The van der Waals surface area contributed by atoms with Gasteiger partial charge in [-0.25, -0.2) is 4.79 Å². The van der Waals surface area contributed by atoms with Gasteiger partial charge < -0.3 is 19.3 Å². The predicted octanol–water partition coefficient (Wildman–Crippen LogP) is 6.68. The summed E-state index contributed by atoms with van der Waals surface area (Å²) in [4.78, 5) is 58.3. The molecule has 51 heavy (non-hydrogen) atoms. The van der Waals surface area contributed by atoms with Crippen molar-refractivity contribution in [1.82, 2.24) is 14.7 Å². The monoisotopic (exact) mass is 707 g/mol. The van der Waals surface area contributed by atoms with Gasteiger partial charge in [0, 0.05) is 33.0 Å². The fourth-order valence-corrected chi connectivity index (χ4v) is 6.82. The molecule has 12 heteroatoms. The number of carbonyl (C=O) groups excluding carboxylic acids is 4. The molecule has 3 amide bonds. The molecule has 1 aliphatic carbocycles. The van der Waals surface area contributed by atoms with Crippen LogP contribution in [0.5, 0.6) is 0 Å². The van der Waals surface area contributed by atoms with Gasteiger partial charge in [-0.2, -0.15) is 13.2 Å². The Hall–Kier alpha value is -4.87. The van der Waals surface area contributed by atoms with Gasteiger partial charge in [-0.05, 0) is 80.0 Å². The Morgan fingerprint density at radius 1 is 0.882 bits per heavy atom. The first-order valence-electron chi connectivity index (χ1n) is 17.1. The fourth-order valence-electron chi connectivity index (χ4n) is 6.82. The SMILES string of the molecule is CN(CC(=O)OC(C)(C)C)C(=O)[C@H](Cc1ccc(C(F)(F)F)cc1)N1CCCC[C@H](N(C)C(=O)OCC2c3ccccc3-c3ccccc32)C1=O. The van der Waals surface area contributed by atoms with Gasteiger partial charge in [-0.1, -0.05) is 60.7 Å². The quantitative estimate of drug-likeness (QED) is 0.231. The van der Waals surface area contributed by atoms with E-state index in [1.54, 1.807) is 20.8 Å². The van der Waals surface area contributed by atoms with E-state index in [2.05, 4.69) is 0 Å². The fraction of sp³-hybridized carbons (Fsp3) is 0.436. The number of rotatable bonds is 9. The van der Waals surface area contributed by atoms with Crippen molar-refractivity contribution >= 4 is 23.9 Å². The average Bonchev–Trinajstić information content (AvgIpc) is 3.26. The van der Waals surface area contributed by atoms with Crippen molar-refractivity contribution in [2.45, 2.75) is 76.2 Å². The third kappa shape index (κ3) is 8.72. The lowest BCUT2D eigenvalue weighted by Gasteiger charge is -2.36. The van der Waals surface area contributed by atoms with Crippen molar-refractivity contribution in [3.63, 3.8) is 0 Å². The number of fused-ring (bicyclic) bond motifs is 3. The van der Waals surface area contributed by atoms with Crippen LogP contribution in [0.2, 0.25) is 0 Å². The van der Waals surface area contributed by atoms with Crippen LogP contribution in [-0.4, -0.2) is 90.1 Å². The van der Waals surface area contributed by atoms with E-state index in [0.717, 1.165) is 39.3 Å². The Morgan fingerprint density at radius 3 is 2.04 bits per heavy atom. The molecule has 0 N–H and O–H groups in total. The van der Waals surface area contributed by atoms with Gasteiger partial charge in [0.15, 0.2) is 0 Å². The molecule has 1 saturated heterocycles. The smallest absolute Gasteiger partial charge is 0.416 e. The molecule has 3 aromatic rings. The Kier molecular flexibility index (Phi) is 11.1. The van der Waals surface area contributed by atoms with Crippen LogP contribution in [0.15, 0.2) is 72.8 Å². The van der Waals surface area contributed by atoms with Crippen molar-refractivity contribution in [2.24, 2.45) is 0 Å². The standard InChI is InChI=1S/C39H44F3N3O6/c1-38(2,3)51-34(46)23-43(4)35(47)33(22-25-17-19-26(20-18-25)39(40,41)42)45-21-11-10-16-32(36(45)48)44(5)37(49)50-24-31-29-14-8-6-12-27(29)28-13-7-9-15-30(28)31/h6-9,12-15,17-20,31-33H,10-11,16,21-24H2,1-5H3/t32-,33-/m0/s1. The molecule has 1 heterocycles. The van der Waals surface area contributed by atoms with Crippen molar-refractivity contribution in [2.75, 3.05) is 33.8 Å². The minimum absolute atomic E-state index is 0.0618. The van der Waals surface area contributed by atoms with Crippen LogP contribution in [0.1, 0.15) is 68.2 Å². The van der Waals surface area contributed by atoms with E-state index < -0.39 is 59.8 Å². The van der Waals surface area contributed by atoms with Crippen LogP contribution >= 0.6 is 0 Å². The lowest BCUT2D eigenvalue weighted by Crippen LogP contribution is -2.56. The Bertz CT molecular complexity index is 1710. The van der Waals surface area contributed by atoms with Crippen LogP contribution in [0.3, 0.4) is 0 Å². The molecular weight excluding hydrogens is 663 g/mol. The number of alkyl halides is 3. The summed E-state index contributed by atoms with van der Waals surface area (Å²) in [6.45, 7) is 4.93. The summed E-state index contributed by atoms with van der Waals surface area (Å²) in [5.41, 5.74) is 3.02. The Morgan fingerprint density at radius 2 is 1.47 bits per heavy atom. The number of halogens is 3. The topological polar surface area (TPSA) is 96.5 Å². The summed E-state index contributed by atoms with van der Waals surface area (Å²) in [5.74, 6) is -1.90. The van der Waals surface area contributed by atoms with Gasteiger partial charge in [0.2, 0.25) is 11.8 Å². The normalized spacial score (nSPS) is 16.8. The number of likely N-dealkylation sites (tertiary alicyclic amines) is 1. The lowest BCUT2D eigenvalue weighted by molar-refractivity contribution is -0.159. The number of nitrogens with zero attached hydrogens (tertiary/aromatic N) is 3. The zero-order valence-corrected chi connectivity index (χ0v) is 29.5. The number of amides is 3. The minimum Gasteiger partial charge on any atom is -0.459 e. The summed E-state index contributed by atoms with van der Waals surface area (Å²) in [7, 11) is 2.90. The van der Waals surface area contributed by atoms with E-state index >= 15 is 0 Å². The maximum atomic E-state index is 14.3. The first-order valence-corrected chi connectivity index (χ1v) is 17.1. The summed E-state index contributed by atoms with van der Waals surface area (Å²) in [6.07, 6.45) is -3.92. The van der Waals surface area contributed by atoms with Gasteiger partial charge in [0.25, 0.3) is 0 Å². The molecule has 9 nitrogen and oxygen atoms in total. The van der Waals surface area contributed by atoms with E-state index in [-0.39, 0.29) is 25.5 Å². The summed E-state index contributed by atoms with van der Waals surface area (Å²) in [5, 5.41) is 0. The number of ether oxygens (including phenoxy) is 2. The highest BCUT2D eigenvalue weighted by Gasteiger charge is 2.40. The second-order valence-corrected chi connectivity index (χ2v) is 14.2. The number of hydrogen-bond acceptors (Lipinski definition) is 6. The van der Waals surface area contributed by atoms with Crippen LogP contribution in [0, 0.1) is 0 Å². The molecule has 2 atom stereocenters. The molecular formula is C39H44F3N3O6. The number of benzene rings is 3. The van der Waals surface area contributed by atoms with E-state index in [9.17, 15) is 32.3 Å². The van der Waals surface area contributed by atoms with E-state index in [1.165, 1.54) is 36.0 Å². The summed E-state index contributed by atoms with van der Waals surface area (Å²) in [6, 6.07) is 18.2. The van der Waals surface area contributed by atoms with Crippen molar-refractivity contribution in [3.05, 3.63) is 95.1 Å². The van der Waals surface area contributed by atoms with Crippen molar-refractivity contribution in [1.29, 1.82) is 0 Å². The zero-order chi connectivity index (χ0) is 37.1. The van der Waals surface area contributed by atoms with Gasteiger partial charge in [-0.15, -0.1) is 0 Å². The molecule has 2 aliphatic rings. The van der Waals surface area contributed by atoms with Gasteiger partial charge in [0.1, 0.15) is 30.8 Å². The molecule has 0 radical (unpaired) electrons. The molecule has 3 aromatic carbocycles. The first-order chi connectivity index (χ1) is 24.0. The number of likely N-dealkylation sites (N-methyl/N-ethyl adjacent to an activating group) is 2. The third-order valence-corrected chi connectivity index (χ3v) is 9.32. The number of carbonyl (C=O) groups is 4. The molecule has 0 aromatic heterocycles. The van der Waals surface area contributed by atoms with Crippen LogP contribution < -0.4 is 0 Å². The Balaban J connectivity index is 1.35. The molecule has 0 spiro atoms. The molecule has 1 fully saturated rings. The first kappa shape index (κ1) is 37.4. The average molecular weight is 708 g/mol. The maximum absolute atomic E-state index is 14.3. The number of esters is 1. The van der Waals surface area contributed by atoms with Gasteiger partial charge in [0.05, 0.1) is 5.56 Å². The summed E-state index contributed by atoms with van der Waals surface area (Å²) >= 11 is 0. The zero-order valence-electron chi connectivity index (χ0n) is 29.5. The molecule has 0 unspecified atom stereocenters. The molecule has 5 rings (SSSR count). The predicted molar refractivity (Wildman–Crippen MR) is 185 cm³/mol. The summed E-state index contributed by atoms with van der Waals surface area (Å²) < 4.78 is 51.1. The van der Waals surface area contributed by atoms with Gasteiger partial charge >= 0.3 is 18.2 Å². The molecule has 1 aliphatic heterocycles. The molecule has 0 saturated carbocycles. The van der Waals surface area contributed by atoms with Gasteiger partial charge in [-0.3, -0.25) is 19.3 Å². The van der Waals surface area contributed by atoms with Crippen LogP contribution in [0.25, 0.3) is 11.1 Å². The largest absolute Gasteiger partial charge is 0.459 e. The van der Waals surface area contributed by atoms with E-state index in [1.807, 2.05) is 48.5 Å². The van der Waals surface area contributed by atoms with Crippen LogP contribution in [0.4, 0.5) is 18.0 Å². The minimum atomic E-state index is -4.54. The maximum Gasteiger partial charge on any atom is 0.416 e. The van der Waals surface area contributed by atoms with Crippen LogP contribution in [-0.2, 0) is 36.5 Å². The third-order valence-electron chi connectivity index (χ3n) is 9.32. The Labute approximate surface area is 296 Å². The highest BCUT2D eigenvalue weighted by molar-refractivity contribution is 5.93. The number of hydrogen-bond donors (Lipinski definition) is 0. The molecule has 0 bridgehead atoms. The van der Waals surface area contributed by atoms with E-state index in [4.69, 9.17) is 9.47 Å². The van der Waals surface area contributed by atoms with Crippen molar-refractivity contribution in [3.8, 4) is 11.1 Å². The second-order valence-electron chi connectivity index (χ2n) is 14.2. The highest BCUT2D eigenvalue weighted by Crippen LogP contribution is 2.44. The molecule has 272 valence electrons. The second kappa shape index (κ2) is 15.2. The lowest BCUT2D eigenvalue weighted by atomic mass is 9.98.